The van der Waals surface area contributed by atoms with Gasteiger partial charge in [-0.2, -0.15) is 0 Å². The second-order valence-corrected chi connectivity index (χ2v) is 5.88. The van der Waals surface area contributed by atoms with Crippen LogP contribution in [0.1, 0.15) is 22.4 Å². The van der Waals surface area contributed by atoms with Crippen LogP contribution in [0.2, 0.25) is 0 Å². The first-order valence-electron chi connectivity index (χ1n) is 6.56. The predicted octanol–water partition coefficient (Wildman–Crippen LogP) is 3.81. The van der Waals surface area contributed by atoms with Crippen LogP contribution in [0.5, 0.6) is 0 Å². The van der Waals surface area contributed by atoms with Crippen LogP contribution >= 0.6 is 11.3 Å². The van der Waals surface area contributed by atoms with Gasteiger partial charge in [0.15, 0.2) is 0 Å². The molecule has 2 rings (SSSR count). The molecule has 0 radical (unpaired) electrons. The normalized spacial score (nSPS) is 12.6. The molecular formula is C16H21NS. The lowest BCUT2D eigenvalue weighted by atomic mass is 9.92. The Balaban J connectivity index is 1.91. The van der Waals surface area contributed by atoms with Crippen molar-refractivity contribution in [3.05, 3.63) is 57.8 Å². The zero-order valence-electron chi connectivity index (χ0n) is 10.9. The van der Waals surface area contributed by atoms with Crippen LogP contribution in [0.4, 0.5) is 0 Å². The van der Waals surface area contributed by atoms with E-state index in [1.54, 1.807) is 0 Å². The summed E-state index contributed by atoms with van der Waals surface area (Å²) in [5, 5.41) is 2.15. The maximum Gasteiger partial charge on any atom is 0.00453 e. The fourth-order valence-electron chi connectivity index (χ4n) is 2.25. The summed E-state index contributed by atoms with van der Waals surface area (Å²) < 4.78 is 0. The number of aryl methyl sites for hydroxylation is 2. The second-order valence-electron chi connectivity index (χ2n) is 4.85. The lowest BCUT2D eigenvalue weighted by Crippen LogP contribution is -2.18. The Hall–Kier alpha value is -1.12. The van der Waals surface area contributed by atoms with Gasteiger partial charge in [0.05, 0.1) is 0 Å². The van der Waals surface area contributed by atoms with Crippen molar-refractivity contribution in [2.75, 3.05) is 6.54 Å². The average Bonchev–Trinajstić information content (AvgIpc) is 2.90. The Morgan fingerprint density at radius 2 is 2.00 bits per heavy atom. The molecule has 1 heterocycles. The second kappa shape index (κ2) is 6.72. The van der Waals surface area contributed by atoms with E-state index in [9.17, 15) is 0 Å². The summed E-state index contributed by atoms with van der Waals surface area (Å²) >= 11 is 1.84. The van der Waals surface area contributed by atoms with Gasteiger partial charge in [-0.1, -0.05) is 30.3 Å². The monoisotopic (exact) mass is 259 g/mol. The van der Waals surface area contributed by atoms with Gasteiger partial charge in [0.25, 0.3) is 0 Å². The molecule has 2 aromatic rings. The molecule has 0 aliphatic heterocycles. The highest BCUT2D eigenvalue weighted by Crippen LogP contribution is 2.19. The quantitative estimate of drug-likeness (QED) is 0.839. The molecule has 0 spiro atoms. The molecule has 0 aliphatic carbocycles. The SMILES string of the molecule is Cc1ccccc1CC(CN)CCc1cccs1. The molecule has 2 heteroatoms. The van der Waals surface area contributed by atoms with Gasteiger partial charge in [-0.15, -0.1) is 11.3 Å². The number of benzene rings is 1. The number of nitrogens with two attached hydrogens (primary N) is 1. The standard InChI is InChI=1S/C16H21NS/c1-13-5-2-3-6-15(13)11-14(12-17)8-9-16-7-4-10-18-16/h2-7,10,14H,8-9,11-12,17H2,1H3. The fraction of sp³-hybridized carbons (Fsp3) is 0.375. The summed E-state index contributed by atoms with van der Waals surface area (Å²) in [6.45, 7) is 2.96. The summed E-state index contributed by atoms with van der Waals surface area (Å²) in [7, 11) is 0. The highest BCUT2D eigenvalue weighted by atomic mass is 32.1. The van der Waals surface area contributed by atoms with Crippen molar-refractivity contribution < 1.29 is 0 Å². The van der Waals surface area contributed by atoms with Crippen molar-refractivity contribution in [3.63, 3.8) is 0 Å². The maximum atomic E-state index is 5.91. The summed E-state index contributed by atoms with van der Waals surface area (Å²) in [5.41, 5.74) is 8.74. The largest absolute Gasteiger partial charge is 0.330 e. The first-order chi connectivity index (χ1) is 8.79. The molecule has 0 saturated carbocycles. The number of hydrogen-bond donors (Lipinski definition) is 1. The van der Waals surface area contributed by atoms with Gasteiger partial charge in [0.2, 0.25) is 0 Å². The summed E-state index contributed by atoms with van der Waals surface area (Å²) in [6, 6.07) is 13.0. The third-order valence-corrected chi connectivity index (χ3v) is 4.42. The van der Waals surface area contributed by atoms with E-state index in [0.29, 0.717) is 5.92 Å². The van der Waals surface area contributed by atoms with Crippen LogP contribution in [0.25, 0.3) is 0 Å². The highest BCUT2D eigenvalue weighted by molar-refractivity contribution is 7.09. The molecule has 0 bridgehead atoms. The molecule has 0 aliphatic rings. The topological polar surface area (TPSA) is 26.0 Å². The average molecular weight is 259 g/mol. The fourth-order valence-corrected chi connectivity index (χ4v) is 2.98. The zero-order chi connectivity index (χ0) is 12.8. The van der Waals surface area contributed by atoms with E-state index in [1.807, 2.05) is 11.3 Å². The van der Waals surface area contributed by atoms with Crippen molar-refractivity contribution in [2.24, 2.45) is 11.7 Å². The van der Waals surface area contributed by atoms with Crippen LogP contribution in [0.15, 0.2) is 41.8 Å². The summed E-state index contributed by atoms with van der Waals surface area (Å²) in [6.07, 6.45) is 3.45. The molecular weight excluding hydrogens is 238 g/mol. The van der Waals surface area contributed by atoms with E-state index in [4.69, 9.17) is 5.73 Å². The van der Waals surface area contributed by atoms with E-state index in [2.05, 4.69) is 48.7 Å². The van der Waals surface area contributed by atoms with Crippen LogP contribution < -0.4 is 5.73 Å². The molecule has 1 nitrogen and oxygen atoms in total. The zero-order valence-corrected chi connectivity index (χ0v) is 11.7. The lowest BCUT2D eigenvalue weighted by Gasteiger charge is -2.15. The minimum absolute atomic E-state index is 0.591. The van der Waals surface area contributed by atoms with Gasteiger partial charge in [-0.05, 0) is 61.2 Å². The van der Waals surface area contributed by atoms with Gasteiger partial charge < -0.3 is 5.73 Å². The summed E-state index contributed by atoms with van der Waals surface area (Å²) in [5.74, 6) is 0.591. The van der Waals surface area contributed by atoms with Gasteiger partial charge in [0, 0.05) is 4.88 Å². The maximum absolute atomic E-state index is 5.91. The Morgan fingerprint density at radius 3 is 2.67 bits per heavy atom. The molecule has 1 aromatic heterocycles. The first-order valence-corrected chi connectivity index (χ1v) is 7.44. The van der Waals surface area contributed by atoms with Crippen molar-refractivity contribution >= 4 is 11.3 Å². The number of rotatable bonds is 6. The molecule has 0 fully saturated rings. The van der Waals surface area contributed by atoms with E-state index in [1.165, 1.54) is 22.4 Å². The molecule has 1 unspecified atom stereocenters. The van der Waals surface area contributed by atoms with Crippen LogP contribution in [0, 0.1) is 12.8 Å². The van der Waals surface area contributed by atoms with Crippen LogP contribution in [-0.2, 0) is 12.8 Å². The van der Waals surface area contributed by atoms with Crippen molar-refractivity contribution in [1.82, 2.24) is 0 Å². The molecule has 0 amide bonds. The smallest absolute Gasteiger partial charge is 0.00453 e. The minimum atomic E-state index is 0.591. The first kappa shape index (κ1) is 13.3. The van der Waals surface area contributed by atoms with Gasteiger partial charge in [-0.3, -0.25) is 0 Å². The van der Waals surface area contributed by atoms with E-state index in [-0.39, 0.29) is 0 Å². The van der Waals surface area contributed by atoms with Gasteiger partial charge in [-0.25, -0.2) is 0 Å². The van der Waals surface area contributed by atoms with E-state index >= 15 is 0 Å². The third kappa shape index (κ3) is 3.69. The molecule has 1 atom stereocenters. The Bertz CT molecular complexity index is 462. The number of hydrogen-bond acceptors (Lipinski definition) is 2. The molecule has 1 aromatic carbocycles. The predicted molar refractivity (Wildman–Crippen MR) is 80.1 cm³/mol. The Kier molecular flexibility index (Phi) is 4.97. The van der Waals surface area contributed by atoms with E-state index < -0.39 is 0 Å². The molecule has 2 N–H and O–H groups in total. The Labute approximate surface area is 114 Å². The van der Waals surface area contributed by atoms with Gasteiger partial charge in [0.1, 0.15) is 0 Å². The van der Waals surface area contributed by atoms with E-state index in [0.717, 1.165) is 19.4 Å². The van der Waals surface area contributed by atoms with Crippen molar-refractivity contribution in [1.29, 1.82) is 0 Å². The Morgan fingerprint density at radius 1 is 1.17 bits per heavy atom. The molecule has 96 valence electrons. The van der Waals surface area contributed by atoms with Crippen LogP contribution in [0.3, 0.4) is 0 Å². The minimum Gasteiger partial charge on any atom is -0.330 e. The third-order valence-electron chi connectivity index (χ3n) is 3.48. The highest BCUT2D eigenvalue weighted by Gasteiger charge is 2.09. The van der Waals surface area contributed by atoms with Gasteiger partial charge >= 0.3 is 0 Å². The lowest BCUT2D eigenvalue weighted by molar-refractivity contribution is 0.495. The van der Waals surface area contributed by atoms with Crippen molar-refractivity contribution in [2.45, 2.75) is 26.2 Å². The van der Waals surface area contributed by atoms with Crippen LogP contribution in [-0.4, -0.2) is 6.54 Å². The summed E-state index contributed by atoms with van der Waals surface area (Å²) in [4.78, 5) is 1.47. The van der Waals surface area contributed by atoms with Crippen molar-refractivity contribution in [3.8, 4) is 0 Å². The number of thiophene rings is 1. The molecule has 0 saturated heterocycles. The molecule has 18 heavy (non-hydrogen) atoms.